The van der Waals surface area contributed by atoms with E-state index >= 15 is 0 Å². The zero-order valence-electron chi connectivity index (χ0n) is 28.0. The first-order valence-corrected chi connectivity index (χ1v) is 16.4. The molecule has 0 spiro atoms. The summed E-state index contributed by atoms with van der Waals surface area (Å²) in [6.45, 7) is 10.6. The first kappa shape index (κ1) is 43.7. The second-order valence-corrected chi connectivity index (χ2v) is 12.8. The lowest BCUT2D eigenvalue weighted by Gasteiger charge is -2.33. The number of Topliss-reactive ketones (excluding diaryl/α,β-unsaturated/α-hetero) is 1. The first-order valence-electron chi connectivity index (χ1n) is 14.9. The molecule has 0 saturated carbocycles. The molecule has 1 aliphatic heterocycles. The molecule has 0 aliphatic carbocycles. The number of aryl methyl sites for hydroxylation is 2. The van der Waals surface area contributed by atoms with Crippen LogP contribution >= 0.6 is 0 Å². The summed E-state index contributed by atoms with van der Waals surface area (Å²) < 4.78 is 102. The van der Waals surface area contributed by atoms with E-state index in [9.17, 15) is 44.3 Å². The Morgan fingerprint density at radius 2 is 1.46 bits per heavy atom. The van der Waals surface area contributed by atoms with Crippen molar-refractivity contribution >= 4 is 34.6 Å². The number of rotatable bonds is 8. The molecule has 3 aromatic rings. The predicted octanol–water partition coefficient (Wildman–Crippen LogP) is 5.76. The number of sulfonamides is 1. The maximum atomic E-state index is 12.6. The number of oxazole rings is 1. The number of aldehydes is 1. The van der Waals surface area contributed by atoms with E-state index in [0.717, 1.165) is 42.8 Å². The number of benzene rings is 2. The number of carboxylic acid groups (broad SMARTS) is 1. The fraction of sp³-hybridized carbons (Fsp3) is 0.438. The van der Waals surface area contributed by atoms with Crippen molar-refractivity contribution in [1.82, 2.24) is 14.6 Å². The van der Waals surface area contributed by atoms with Crippen molar-refractivity contribution in [1.29, 1.82) is 0 Å². The van der Waals surface area contributed by atoms with Crippen molar-refractivity contribution in [2.45, 2.75) is 64.3 Å². The van der Waals surface area contributed by atoms with Crippen molar-refractivity contribution in [3.63, 3.8) is 0 Å². The first-order chi connectivity index (χ1) is 23.2. The monoisotopic (exact) mass is 738 g/mol. The van der Waals surface area contributed by atoms with E-state index < -0.39 is 33.7 Å². The molecule has 50 heavy (non-hydrogen) atoms. The van der Waals surface area contributed by atoms with Crippen LogP contribution in [0.3, 0.4) is 0 Å². The molecule has 0 radical (unpaired) electrons. The molecule has 0 amide bonds. The highest BCUT2D eigenvalue weighted by Gasteiger charge is 2.34. The maximum Gasteiger partial charge on any atom is 0.449 e. The van der Waals surface area contributed by atoms with Crippen molar-refractivity contribution in [3.8, 4) is 0 Å². The average Bonchev–Trinajstić information content (AvgIpc) is 3.39. The summed E-state index contributed by atoms with van der Waals surface area (Å²) in [5.41, 5.74) is 2.47. The largest absolute Gasteiger partial charge is 0.483 e. The molecule has 1 aliphatic rings. The molecule has 0 bridgehead atoms. The molecule has 2 N–H and O–H groups in total. The van der Waals surface area contributed by atoms with Crippen molar-refractivity contribution in [2.24, 2.45) is 0 Å². The van der Waals surface area contributed by atoms with Gasteiger partial charge in [-0.3, -0.25) is 9.59 Å². The van der Waals surface area contributed by atoms with Gasteiger partial charge >= 0.3 is 12.4 Å². The molecule has 4 rings (SSSR count). The van der Waals surface area contributed by atoms with E-state index in [1.807, 2.05) is 11.8 Å². The minimum Gasteiger partial charge on any atom is -0.483 e. The summed E-state index contributed by atoms with van der Waals surface area (Å²) >= 11 is 0. The van der Waals surface area contributed by atoms with Gasteiger partial charge in [-0.1, -0.05) is 38.1 Å². The van der Waals surface area contributed by atoms with Crippen LogP contribution in [0.25, 0.3) is 0 Å². The number of hydrogen-bond donors (Lipinski definition) is 2. The SMILES string of the molecule is CC(=O)C(F)(F)F.CC(C)c1ccc(CNCC=O)cc1.Cc1nc(N2CCN(S(=O)(=O)c3ccc(C(F)(F)F)cc3)CC2)oc1C.O=CO. The van der Waals surface area contributed by atoms with E-state index in [0.29, 0.717) is 44.3 Å². The fourth-order valence-electron chi connectivity index (χ4n) is 3.97. The van der Waals surface area contributed by atoms with Crippen LogP contribution in [0.1, 0.15) is 54.8 Å². The lowest BCUT2D eigenvalue weighted by Crippen LogP contribution is -2.48. The van der Waals surface area contributed by atoms with Gasteiger partial charge in [-0.15, -0.1) is 0 Å². The smallest absolute Gasteiger partial charge is 0.449 e. The Morgan fingerprint density at radius 1 is 0.960 bits per heavy atom. The van der Waals surface area contributed by atoms with Gasteiger partial charge in [0.1, 0.15) is 12.0 Å². The Hall–Kier alpha value is -4.29. The van der Waals surface area contributed by atoms with Gasteiger partial charge in [0.2, 0.25) is 15.8 Å². The van der Waals surface area contributed by atoms with Gasteiger partial charge in [0.15, 0.2) is 0 Å². The highest BCUT2D eigenvalue weighted by atomic mass is 32.2. The van der Waals surface area contributed by atoms with Gasteiger partial charge in [0.25, 0.3) is 12.5 Å². The number of ketones is 1. The number of carbonyl (C=O) groups excluding carboxylic acids is 2. The highest BCUT2D eigenvalue weighted by Crippen LogP contribution is 2.30. The molecule has 1 fully saturated rings. The van der Waals surface area contributed by atoms with Gasteiger partial charge in [0.05, 0.1) is 22.7 Å². The van der Waals surface area contributed by atoms with Crippen LogP contribution in [0.5, 0.6) is 0 Å². The Morgan fingerprint density at radius 3 is 1.84 bits per heavy atom. The predicted molar refractivity (Wildman–Crippen MR) is 172 cm³/mol. The lowest BCUT2D eigenvalue weighted by molar-refractivity contribution is -0.168. The second-order valence-electron chi connectivity index (χ2n) is 10.9. The number of carbonyl (C=O) groups is 3. The van der Waals surface area contributed by atoms with Crippen molar-refractivity contribution < 1.29 is 58.7 Å². The van der Waals surface area contributed by atoms with Crippen LogP contribution in [0.4, 0.5) is 32.4 Å². The number of piperazine rings is 1. The summed E-state index contributed by atoms with van der Waals surface area (Å²) in [4.78, 5) is 33.8. The van der Waals surface area contributed by atoms with Gasteiger partial charge < -0.3 is 24.5 Å². The van der Waals surface area contributed by atoms with E-state index in [1.54, 1.807) is 6.92 Å². The Labute approximate surface area is 286 Å². The van der Waals surface area contributed by atoms with Gasteiger partial charge in [-0.25, -0.2) is 8.42 Å². The molecule has 0 atom stereocenters. The molecular weight excluding hydrogens is 698 g/mol. The molecule has 11 nitrogen and oxygen atoms in total. The number of hydrogen-bond acceptors (Lipinski definition) is 9. The van der Waals surface area contributed by atoms with Crippen LogP contribution in [-0.2, 0) is 37.1 Å². The molecular formula is C32H40F6N4O7S. The maximum absolute atomic E-state index is 12.6. The van der Waals surface area contributed by atoms with Gasteiger partial charge in [-0.2, -0.15) is 35.6 Å². The Balaban J connectivity index is 0.000000434. The fourth-order valence-corrected chi connectivity index (χ4v) is 5.39. The number of aromatic nitrogens is 1. The second kappa shape index (κ2) is 19.8. The van der Waals surface area contributed by atoms with Crippen LogP contribution in [0.15, 0.2) is 57.8 Å². The van der Waals surface area contributed by atoms with Crippen LogP contribution in [0.2, 0.25) is 0 Å². The van der Waals surface area contributed by atoms with Crippen LogP contribution in [-0.4, -0.2) is 80.3 Å². The minimum atomic E-state index is -4.64. The van der Waals surface area contributed by atoms with E-state index in [1.165, 1.54) is 15.4 Å². The number of alkyl halides is 6. The summed E-state index contributed by atoms with van der Waals surface area (Å²) in [5, 5.41) is 9.92. The number of anilines is 1. The third kappa shape index (κ3) is 14.3. The molecule has 1 saturated heterocycles. The quantitative estimate of drug-likeness (QED) is 0.166. The summed E-state index contributed by atoms with van der Waals surface area (Å²) in [6.07, 6.45) is -8.26. The zero-order valence-corrected chi connectivity index (χ0v) is 28.8. The Bertz CT molecular complexity index is 1580. The average molecular weight is 739 g/mol. The summed E-state index contributed by atoms with van der Waals surface area (Å²) in [5.74, 6) is -0.473. The molecule has 0 unspecified atom stereocenters. The summed E-state index contributed by atoms with van der Waals surface area (Å²) in [7, 11) is -3.84. The standard InChI is InChI=1S/C16H18F3N3O3S.C12H17NO.C3H3F3O.CH2O2/c1-11-12(2)25-15(20-11)21-7-9-22(10-8-21)26(23,24)14-5-3-13(4-6-14)16(17,18)19;1-10(2)12-5-3-11(4-6-12)9-13-7-8-14;1-2(7)3(4,5)6;2-1-3/h3-6H,7-10H2,1-2H3;3-6,8,10,13H,7,9H2,1-2H3;1H3;1H,(H,2,3). The lowest BCUT2D eigenvalue weighted by atomic mass is 10.0. The van der Waals surface area contributed by atoms with Crippen molar-refractivity contribution in [2.75, 3.05) is 37.6 Å². The van der Waals surface area contributed by atoms with Crippen molar-refractivity contribution in [3.05, 3.63) is 76.7 Å². The molecule has 2 heterocycles. The highest BCUT2D eigenvalue weighted by molar-refractivity contribution is 7.89. The topological polar surface area (TPSA) is 150 Å². The van der Waals surface area contributed by atoms with E-state index in [4.69, 9.17) is 14.3 Å². The third-order valence-electron chi connectivity index (χ3n) is 6.95. The molecule has 18 heteroatoms. The number of nitrogens with zero attached hydrogens (tertiary/aromatic N) is 3. The zero-order chi connectivity index (χ0) is 38.3. The summed E-state index contributed by atoms with van der Waals surface area (Å²) in [6, 6.07) is 12.5. The molecule has 2 aromatic carbocycles. The number of nitrogens with one attached hydrogen (secondary N) is 1. The third-order valence-corrected chi connectivity index (χ3v) is 8.86. The normalized spacial score (nSPS) is 13.6. The van der Waals surface area contributed by atoms with Gasteiger partial charge in [0, 0.05) is 39.6 Å². The van der Waals surface area contributed by atoms with E-state index in [2.05, 4.69) is 48.4 Å². The Kier molecular flexibility index (Phi) is 17.3. The van der Waals surface area contributed by atoms with Crippen LogP contribution in [0, 0.1) is 13.8 Å². The number of halogens is 6. The molecule has 1 aromatic heterocycles. The van der Waals surface area contributed by atoms with Crippen LogP contribution < -0.4 is 10.2 Å². The van der Waals surface area contributed by atoms with E-state index in [-0.39, 0.29) is 24.5 Å². The minimum absolute atomic E-state index is 0.151. The molecule has 278 valence electrons. The van der Waals surface area contributed by atoms with Gasteiger partial charge in [-0.05, 0) is 55.2 Å².